The third-order valence-electron chi connectivity index (χ3n) is 2.18. The molecule has 0 spiro atoms. The Kier molecular flexibility index (Phi) is 3.71. The first-order valence-electron chi connectivity index (χ1n) is 5.03. The fourth-order valence-corrected chi connectivity index (χ4v) is 1.37. The molecule has 0 atom stereocenters. The summed E-state index contributed by atoms with van der Waals surface area (Å²) in [5.74, 6) is 0. The molecule has 1 aliphatic carbocycles. The molecule has 13 heavy (non-hydrogen) atoms. The highest BCUT2D eigenvalue weighted by Crippen LogP contribution is 2.18. The summed E-state index contributed by atoms with van der Waals surface area (Å²) in [7, 11) is 0. The standard InChI is InChI=1S/C10H21NO2/c1-10(2,3)13-5-4-11-8-6-9(12)7-8/h8-9,11-12H,4-7H2,1-3H3. The van der Waals surface area contributed by atoms with Crippen molar-refractivity contribution in [2.24, 2.45) is 0 Å². The lowest BCUT2D eigenvalue weighted by molar-refractivity contribution is -0.00623. The van der Waals surface area contributed by atoms with E-state index in [2.05, 4.69) is 26.1 Å². The van der Waals surface area contributed by atoms with Crippen LogP contribution in [0.25, 0.3) is 0 Å². The molecule has 0 aromatic rings. The average molecular weight is 187 g/mol. The van der Waals surface area contributed by atoms with Crippen LogP contribution in [0.1, 0.15) is 33.6 Å². The van der Waals surface area contributed by atoms with E-state index in [9.17, 15) is 0 Å². The van der Waals surface area contributed by atoms with Crippen molar-refractivity contribution >= 4 is 0 Å². The minimum Gasteiger partial charge on any atom is -0.393 e. The monoisotopic (exact) mass is 187 g/mol. The van der Waals surface area contributed by atoms with Gasteiger partial charge in [-0.1, -0.05) is 0 Å². The van der Waals surface area contributed by atoms with Crippen LogP contribution in [-0.4, -0.2) is 36.0 Å². The molecule has 0 unspecified atom stereocenters. The molecular weight excluding hydrogens is 166 g/mol. The predicted molar refractivity (Wildman–Crippen MR) is 52.7 cm³/mol. The largest absolute Gasteiger partial charge is 0.393 e. The van der Waals surface area contributed by atoms with Crippen LogP contribution in [0.5, 0.6) is 0 Å². The Labute approximate surface area is 80.5 Å². The quantitative estimate of drug-likeness (QED) is 0.643. The average Bonchev–Trinajstić information content (AvgIpc) is 1.91. The molecule has 1 rings (SSSR count). The maximum atomic E-state index is 9.03. The Morgan fingerprint density at radius 3 is 2.46 bits per heavy atom. The van der Waals surface area contributed by atoms with Crippen molar-refractivity contribution in [1.29, 1.82) is 0 Å². The summed E-state index contributed by atoms with van der Waals surface area (Å²) in [5, 5.41) is 12.4. The van der Waals surface area contributed by atoms with Crippen LogP contribution in [0.2, 0.25) is 0 Å². The molecule has 0 aliphatic heterocycles. The van der Waals surface area contributed by atoms with E-state index in [-0.39, 0.29) is 11.7 Å². The Morgan fingerprint density at radius 2 is 2.00 bits per heavy atom. The first kappa shape index (κ1) is 11.0. The van der Waals surface area contributed by atoms with E-state index < -0.39 is 0 Å². The highest BCUT2D eigenvalue weighted by atomic mass is 16.5. The first-order chi connectivity index (χ1) is 5.97. The summed E-state index contributed by atoms with van der Waals surface area (Å²) in [6.07, 6.45) is 1.73. The number of aliphatic hydroxyl groups excluding tert-OH is 1. The lowest BCUT2D eigenvalue weighted by atomic mass is 9.90. The fraction of sp³-hybridized carbons (Fsp3) is 1.00. The van der Waals surface area contributed by atoms with E-state index in [1.807, 2.05) is 0 Å². The number of hydrogen-bond donors (Lipinski definition) is 2. The molecule has 1 aliphatic rings. The molecule has 0 saturated heterocycles. The van der Waals surface area contributed by atoms with E-state index in [1.165, 1.54) is 0 Å². The van der Waals surface area contributed by atoms with Crippen LogP contribution in [-0.2, 0) is 4.74 Å². The molecule has 1 saturated carbocycles. The van der Waals surface area contributed by atoms with Gasteiger partial charge in [-0.25, -0.2) is 0 Å². The fourth-order valence-electron chi connectivity index (χ4n) is 1.37. The van der Waals surface area contributed by atoms with Gasteiger partial charge in [0, 0.05) is 12.6 Å². The number of nitrogens with one attached hydrogen (secondary N) is 1. The number of aliphatic hydroxyl groups is 1. The van der Waals surface area contributed by atoms with Gasteiger partial charge < -0.3 is 15.2 Å². The predicted octanol–water partition coefficient (Wildman–Crippen LogP) is 0.914. The van der Waals surface area contributed by atoms with E-state index in [1.54, 1.807) is 0 Å². The summed E-state index contributed by atoms with van der Waals surface area (Å²) in [6.45, 7) is 7.80. The summed E-state index contributed by atoms with van der Waals surface area (Å²) in [4.78, 5) is 0. The molecule has 1 fully saturated rings. The summed E-state index contributed by atoms with van der Waals surface area (Å²) >= 11 is 0. The normalized spacial score (nSPS) is 28.6. The van der Waals surface area contributed by atoms with Gasteiger partial charge in [0.1, 0.15) is 0 Å². The zero-order valence-corrected chi connectivity index (χ0v) is 8.84. The van der Waals surface area contributed by atoms with Gasteiger partial charge in [-0.3, -0.25) is 0 Å². The zero-order chi connectivity index (χ0) is 9.90. The van der Waals surface area contributed by atoms with Gasteiger partial charge in [-0.05, 0) is 33.6 Å². The van der Waals surface area contributed by atoms with Gasteiger partial charge in [-0.2, -0.15) is 0 Å². The van der Waals surface area contributed by atoms with E-state index in [4.69, 9.17) is 9.84 Å². The Hall–Kier alpha value is -0.120. The molecule has 2 N–H and O–H groups in total. The molecule has 78 valence electrons. The van der Waals surface area contributed by atoms with Crippen molar-refractivity contribution in [3.05, 3.63) is 0 Å². The molecular formula is C10H21NO2. The molecule has 3 heteroatoms. The lowest BCUT2D eigenvalue weighted by Gasteiger charge is -2.32. The topological polar surface area (TPSA) is 41.5 Å². The molecule has 0 aromatic carbocycles. The SMILES string of the molecule is CC(C)(C)OCCNC1CC(O)C1. The van der Waals surface area contributed by atoms with Gasteiger partial charge in [0.25, 0.3) is 0 Å². The molecule has 0 aromatic heterocycles. The summed E-state index contributed by atoms with van der Waals surface area (Å²) in [6, 6.07) is 0.513. The van der Waals surface area contributed by atoms with Crippen molar-refractivity contribution in [2.45, 2.75) is 51.4 Å². The molecule has 0 radical (unpaired) electrons. The molecule has 0 amide bonds. The van der Waals surface area contributed by atoms with Gasteiger partial charge in [0.15, 0.2) is 0 Å². The Morgan fingerprint density at radius 1 is 1.38 bits per heavy atom. The first-order valence-corrected chi connectivity index (χ1v) is 5.03. The second kappa shape index (κ2) is 4.40. The van der Waals surface area contributed by atoms with Gasteiger partial charge in [0.05, 0.1) is 18.3 Å². The van der Waals surface area contributed by atoms with Crippen molar-refractivity contribution in [3.8, 4) is 0 Å². The highest BCUT2D eigenvalue weighted by molar-refractivity contribution is 4.84. The molecule has 0 bridgehead atoms. The van der Waals surface area contributed by atoms with Crippen LogP contribution in [0, 0.1) is 0 Å². The minimum absolute atomic E-state index is 0.0409. The van der Waals surface area contributed by atoms with Crippen LogP contribution in [0.4, 0.5) is 0 Å². The van der Waals surface area contributed by atoms with E-state index in [0.29, 0.717) is 6.04 Å². The Balaban J connectivity index is 1.90. The van der Waals surface area contributed by atoms with Crippen molar-refractivity contribution in [2.75, 3.05) is 13.2 Å². The van der Waals surface area contributed by atoms with Crippen LogP contribution >= 0.6 is 0 Å². The zero-order valence-electron chi connectivity index (χ0n) is 8.84. The minimum atomic E-state index is -0.0685. The second-order valence-electron chi connectivity index (χ2n) is 4.74. The Bertz CT molecular complexity index is 147. The third kappa shape index (κ3) is 4.60. The third-order valence-corrected chi connectivity index (χ3v) is 2.18. The van der Waals surface area contributed by atoms with Crippen LogP contribution < -0.4 is 5.32 Å². The summed E-state index contributed by atoms with van der Waals surface area (Å²) in [5.41, 5.74) is -0.0409. The second-order valence-corrected chi connectivity index (χ2v) is 4.74. The van der Waals surface area contributed by atoms with Crippen molar-refractivity contribution in [3.63, 3.8) is 0 Å². The summed E-state index contributed by atoms with van der Waals surface area (Å²) < 4.78 is 5.55. The van der Waals surface area contributed by atoms with Gasteiger partial charge in [-0.15, -0.1) is 0 Å². The van der Waals surface area contributed by atoms with E-state index in [0.717, 1.165) is 26.0 Å². The smallest absolute Gasteiger partial charge is 0.0599 e. The highest BCUT2D eigenvalue weighted by Gasteiger charge is 2.26. The van der Waals surface area contributed by atoms with Gasteiger partial charge >= 0.3 is 0 Å². The van der Waals surface area contributed by atoms with Gasteiger partial charge in [0.2, 0.25) is 0 Å². The lowest BCUT2D eigenvalue weighted by Crippen LogP contribution is -2.45. The molecule has 3 nitrogen and oxygen atoms in total. The van der Waals surface area contributed by atoms with Crippen molar-refractivity contribution < 1.29 is 9.84 Å². The maximum absolute atomic E-state index is 9.03. The van der Waals surface area contributed by atoms with Crippen molar-refractivity contribution in [1.82, 2.24) is 5.32 Å². The van der Waals surface area contributed by atoms with E-state index >= 15 is 0 Å². The number of rotatable bonds is 4. The van der Waals surface area contributed by atoms with Crippen LogP contribution in [0.3, 0.4) is 0 Å². The van der Waals surface area contributed by atoms with Crippen LogP contribution in [0.15, 0.2) is 0 Å². The maximum Gasteiger partial charge on any atom is 0.0599 e. The number of hydrogen-bond acceptors (Lipinski definition) is 3. The molecule has 0 heterocycles. The number of ether oxygens (including phenoxy) is 1.